The summed E-state index contributed by atoms with van der Waals surface area (Å²) in [6.07, 6.45) is 15.8. The molecule has 2 aliphatic rings. The van der Waals surface area contributed by atoms with Gasteiger partial charge in [-0.2, -0.15) is 0 Å². The van der Waals surface area contributed by atoms with Crippen molar-refractivity contribution in [2.75, 3.05) is 0 Å². The zero-order valence-electron chi connectivity index (χ0n) is 11.1. The van der Waals surface area contributed by atoms with Crippen LogP contribution in [0.1, 0.15) is 12.8 Å². The van der Waals surface area contributed by atoms with Crippen molar-refractivity contribution in [1.29, 1.82) is 0 Å². The molecule has 105 valence electrons. The van der Waals surface area contributed by atoms with Crippen LogP contribution in [0.5, 0.6) is 0 Å². The summed E-state index contributed by atoms with van der Waals surface area (Å²) >= 11 is -2.73. The van der Waals surface area contributed by atoms with Crippen LogP contribution in [0.15, 0.2) is 73.3 Å². The topological polar surface area (TPSA) is 0 Å². The maximum atomic E-state index is 4.30. The van der Waals surface area contributed by atoms with Crippen LogP contribution in [0.25, 0.3) is 0 Å². The average Bonchev–Trinajstić information content (AvgIpc) is 3.12. The Morgan fingerprint density at radius 1 is 0.800 bits per heavy atom. The van der Waals surface area contributed by atoms with Crippen molar-refractivity contribution in [3.8, 4) is 0 Å². The Labute approximate surface area is 138 Å². The van der Waals surface area contributed by atoms with Gasteiger partial charge in [0.15, 0.2) is 0 Å². The third kappa shape index (κ3) is 3.23. The van der Waals surface area contributed by atoms with Gasteiger partial charge in [0.2, 0.25) is 0 Å². The first-order valence-corrected chi connectivity index (χ1v) is 14.2. The van der Waals surface area contributed by atoms with Crippen LogP contribution in [0.4, 0.5) is 0 Å². The van der Waals surface area contributed by atoms with Gasteiger partial charge >= 0.3 is 115 Å². The Bertz CT molecular complexity index is 593. The van der Waals surface area contributed by atoms with Crippen LogP contribution in [-0.2, 0) is 19.2 Å². The van der Waals surface area contributed by atoms with E-state index in [0.717, 1.165) is 12.8 Å². The number of benzene rings is 1. The second-order valence-electron chi connectivity index (χ2n) is 4.76. The molecular weight excluding hydrogens is 385 g/mol. The summed E-state index contributed by atoms with van der Waals surface area (Å²) in [5, 5.41) is 0. The summed E-state index contributed by atoms with van der Waals surface area (Å²) in [7, 11) is 0. The molecule has 0 amide bonds. The normalized spacial score (nSPS) is 16.2. The Morgan fingerprint density at radius 2 is 1.30 bits per heavy atom. The minimum absolute atomic E-state index is 0. The van der Waals surface area contributed by atoms with Crippen molar-refractivity contribution in [2.45, 2.75) is 12.8 Å². The predicted molar refractivity (Wildman–Crippen MR) is 92.6 cm³/mol. The van der Waals surface area contributed by atoms with Gasteiger partial charge in [0.05, 0.1) is 0 Å². The molecule has 0 aliphatic heterocycles. The summed E-state index contributed by atoms with van der Waals surface area (Å²) in [5.74, 6) is 0. The molecule has 0 saturated heterocycles. The zero-order valence-corrected chi connectivity index (χ0v) is 16.2. The molecule has 0 fully saturated rings. The van der Waals surface area contributed by atoms with Crippen molar-refractivity contribution >= 4 is 34.1 Å². The van der Waals surface area contributed by atoms with E-state index in [-0.39, 0.29) is 24.8 Å². The number of halogens is 2. The molecule has 3 rings (SSSR count). The van der Waals surface area contributed by atoms with E-state index < -0.39 is 19.2 Å². The monoisotopic (exact) mass is 401 g/mol. The number of hydrogen-bond acceptors (Lipinski definition) is 0. The zero-order chi connectivity index (χ0) is 12.4. The summed E-state index contributed by atoms with van der Waals surface area (Å²) in [6.45, 7) is 0. The first-order valence-electron chi connectivity index (χ1n) is 6.34. The standard InChI is InChI=1S/C6H5.2C5H5.2ClH.HP.Zr/c1-2-4-6-5-3-1;2*1-2-4-5-3-1;;;;/h1-5H;2*1-3H,4H2;3*1H;. The molecule has 0 nitrogen and oxygen atoms in total. The Kier molecular flexibility index (Phi) is 7.03. The number of rotatable bonds is 3. The van der Waals surface area contributed by atoms with Gasteiger partial charge in [-0.3, -0.25) is 0 Å². The molecule has 1 aromatic rings. The molecule has 0 atom stereocenters. The number of hydrogen-bond donors (Lipinski definition) is 0. The third-order valence-corrected chi connectivity index (χ3v) is 18.7. The number of allylic oxidation sites excluding steroid dienone is 8. The van der Waals surface area contributed by atoms with E-state index in [1.165, 1.54) is 3.27 Å². The molecular formula is C16H18Cl2PZr. The van der Waals surface area contributed by atoms with Crippen molar-refractivity contribution in [3.63, 3.8) is 0 Å². The van der Waals surface area contributed by atoms with Crippen LogP contribution < -0.4 is 3.27 Å². The predicted octanol–water partition coefficient (Wildman–Crippen LogP) is 5.05. The molecule has 0 radical (unpaired) electrons. The SMILES string of the molecule is Cl.Cl.[PH]=[Zr]([C]1=CC=CC1)([C]1=CC=CC1)[c]1ccccc1. The van der Waals surface area contributed by atoms with E-state index >= 15 is 0 Å². The summed E-state index contributed by atoms with van der Waals surface area (Å²) in [5.41, 5.74) is 0. The molecule has 0 spiro atoms. The van der Waals surface area contributed by atoms with Crippen LogP contribution in [0, 0.1) is 0 Å². The van der Waals surface area contributed by atoms with Gasteiger partial charge in [-0.15, -0.1) is 24.8 Å². The van der Waals surface area contributed by atoms with Gasteiger partial charge in [0, 0.05) is 0 Å². The third-order valence-electron chi connectivity index (χ3n) is 3.71. The van der Waals surface area contributed by atoms with Crippen molar-refractivity contribution < 1.29 is 19.2 Å². The van der Waals surface area contributed by atoms with E-state index in [0.29, 0.717) is 0 Å². The Hall–Kier alpha value is -0.0569. The summed E-state index contributed by atoms with van der Waals surface area (Å²) < 4.78 is 4.78. The quantitative estimate of drug-likeness (QED) is 0.620. The molecule has 0 aromatic heterocycles. The van der Waals surface area contributed by atoms with Crippen molar-refractivity contribution in [1.82, 2.24) is 0 Å². The van der Waals surface area contributed by atoms with Crippen LogP contribution in [0.2, 0.25) is 0 Å². The maximum absolute atomic E-state index is 4.30. The molecule has 0 saturated carbocycles. The molecule has 1 aromatic carbocycles. The molecule has 0 heterocycles. The molecule has 20 heavy (non-hydrogen) atoms. The molecule has 0 bridgehead atoms. The average molecular weight is 403 g/mol. The van der Waals surface area contributed by atoms with Crippen LogP contribution in [-0.4, -0.2) is 0 Å². The van der Waals surface area contributed by atoms with Gasteiger partial charge in [-0.25, -0.2) is 0 Å². The fourth-order valence-corrected chi connectivity index (χ4v) is 14.2. The van der Waals surface area contributed by atoms with Gasteiger partial charge in [-0.1, -0.05) is 0 Å². The fraction of sp³-hybridized carbons (Fsp3) is 0.125. The molecule has 4 heteroatoms. The fourth-order valence-electron chi connectivity index (χ4n) is 2.72. The van der Waals surface area contributed by atoms with Gasteiger partial charge in [0.25, 0.3) is 0 Å². The second kappa shape index (κ2) is 7.81. The van der Waals surface area contributed by atoms with E-state index in [1.807, 2.05) is 0 Å². The Morgan fingerprint density at radius 3 is 1.70 bits per heavy atom. The van der Waals surface area contributed by atoms with E-state index in [4.69, 9.17) is 0 Å². The van der Waals surface area contributed by atoms with Crippen LogP contribution >= 0.6 is 30.9 Å². The molecule has 0 unspecified atom stereocenters. The second-order valence-corrected chi connectivity index (χ2v) is 17.5. The first-order chi connectivity index (χ1) is 8.82. The van der Waals surface area contributed by atoms with Gasteiger partial charge in [0.1, 0.15) is 0 Å². The minimum atomic E-state index is -2.73. The first kappa shape index (κ1) is 18.0. The Balaban J connectivity index is 0.000001000. The van der Waals surface area contributed by atoms with Crippen molar-refractivity contribution in [2.24, 2.45) is 0 Å². The van der Waals surface area contributed by atoms with E-state index in [1.54, 1.807) is 6.56 Å². The summed E-state index contributed by atoms with van der Waals surface area (Å²) in [6, 6.07) is 15.3. The molecule has 0 N–H and O–H groups in total. The van der Waals surface area contributed by atoms with Crippen LogP contribution in [0.3, 0.4) is 0 Å². The summed E-state index contributed by atoms with van der Waals surface area (Å²) in [4.78, 5) is 0. The van der Waals surface area contributed by atoms with E-state index in [9.17, 15) is 0 Å². The van der Waals surface area contributed by atoms with Crippen molar-refractivity contribution in [3.05, 3.63) is 73.3 Å². The molecule has 2 aliphatic carbocycles. The van der Waals surface area contributed by atoms with Gasteiger partial charge in [-0.05, 0) is 0 Å². The van der Waals surface area contributed by atoms with E-state index in [2.05, 4.69) is 72.8 Å². The van der Waals surface area contributed by atoms with Gasteiger partial charge < -0.3 is 0 Å².